The molecule has 1 aromatic rings. The largest absolute Gasteiger partial charge is 0.369 e. The fourth-order valence-electron chi connectivity index (χ4n) is 1.72. The van der Waals surface area contributed by atoms with Crippen LogP contribution in [-0.2, 0) is 4.79 Å². The maximum Gasteiger partial charge on any atom is 0.134 e. The molecule has 0 fully saturated rings. The van der Waals surface area contributed by atoms with E-state index in [0.717, 1.165) is 30.5 Å². The highest BCUT2D eigenvalue weighted by atomic mass is 16.1. The van der Waals surface area contributed by atoms with E-state index in [2.05, 4.69) is 34.0 Å². The zero-order chi connectivity index (χ0) is 13.5. The average Bonchev–Trinajstić information content (AvgIpc) is 2.29. The van der Waals surface area contributed by atoms with Crippen LogP contribution in [0, 0.1) is 6.92 Å². The molecule has 0 radical (unpaired) electrons. The van der Waals surface area contributed by atoms with Crippen LogP contribution < -0.4 is 10.2 Å². The molecule has 1 heterocycles. The van der Waals surface area contributed by atoms with Crippen LogP contribution in [0.2, 0.25) is 0 Å². The quantitative estimate of drug-likeness (QED) is 0.802. The van der Waals surface area contributed by atoms with Gasteiger partial charge < -0.3 is 10.2 Å². The Hall–Kier alpha value is -1.65. The third-order valence-electron chi connectivity index (χ3n) is 2.70. The Kier molecular flexibility index (Phi) is 5.55. The van der Waals surface area contributed by atoms with Crippen LogP contribution in [0.3, 0.4) is 0 Å². The van der Waals surface area contributed by atoms with Crippen molar-refractivity contribution in [2.75, 3.05) is 29.9 Å². The molecule has 18 heavy (non-hydrogen) atoms. The Balaban J connectivity index is 2.77. The second kappa shape index (κ2) is 6.93. The van der Waals surface area contributed by atoms with E-state index in [4.69, 9.17) is 0 Å². The Morgan fingerprint density at radius 2 is 2.00 bits per heavy atom. The van der Waals surface area contributed by atoms with Gasteiger partial charge >= 0.3 is 0 Å². The normalized spacial score (nSPS) is 10.2. The van der Waals surface area contributed by atoms with Crippen molar-refractivity contribution in [2.24, 2.45) is 0 Å². The number of anilines is 2. The molecule has 0 aliphatic carbocycles. The Morgan fingerprint density at radius 1 is 1.33 bits per heavy atom. The Morgan fingerprint density at radius 3 is 2.56 bits per heavy atom. The van der Waals surface area contributed by atoms with E-state index >= 15 is 0 Å². The van der Waals surface area contributed by atoms with Gasteiger partial charge in [0, 0.05) is 32.1 Å². The average molecular weight is 250 g/mol. The van der Waals surface area contributed by atoms with E-state index in [-0.39, 0.29) is 5.78 Å². The highest BCUT2D eigenvalue weighted by Crippen LogP contribution is 2.15. The van der Waals surface area contributed by atoms with Crippen LogP contribution in [-0.4, -0.2) is 35.4 Å². The number of nitrogens with zero attached hydrogens (tertiary/aromatic N) is 3. The van der Waals surface area contributed by atoms with Crippen LogP contribution >= 0.6 is 0 Å². The number of Topliss-reactive ketones (excluding diaryl/α,β-unsaturated/α-hetero) is 1. The number of rotatable bonds is 7. The third-order valence-corrected chi connectivity index (χ3v) is 2.70. The summed E-state index contributed by atoms with van der Waals surface area (Å²) in [6, 6.07) is 1.93. The second-order valence-corrected chi connectivity index (χ2v) is 4.21. The number of hydrogen-bond donors (Lipinski definition) is 1. The molecule has 0 aliphatic rings. The Bertz CT molecular complexity index is 402. The molecule has 0 saturated carbocycles. The molecule has 0 aromatic carbocycles. The molecule has 100 valence electrons. The van der Waals surface area contributed by atoms with E-state index in [0.29, 0.717) is 13.0 Å². The summed E-state index contributed by atoms with van der Waals surface area (Å²) in [4.78, 5) is 21.8. The lowest BCUT2D eigenvalue weighted by Crippen LogP contribution is -2.23. The summed E-state index contributed by atoms with van der Waals surface area (Å²) in [5.41, 5.74) is 0. The van der Waals surface area contributed by atoms with Crippen molar-refractivity contribution in [3.8, 4) is 0 Å². The van der Waals surface area contributed by atoms with Crippen LogP contribution in [0.15, 0.2) is 6.07 Å². The summed E-state index contributed by atoms with van der Waals surface area (Å²) in [5.74, 6) is 2.63. The molecule has 0 amide bonds. The highest BCUT2D eigenvalue weighted by molar-refractivity contribution is 5.75. The number of hydrogen-bond acceptors (Lipinski definition) is 5. The maximum atomic E-state index is 10.9. The molecular weight excluding hydrogens is 228 g/mol. The lowest BCUT2D eigenvalue weighted by molar-refractivity contribution is -0.116. The third kappa shape index (κ3) is 4.31. The SMILES string of the molecule is CCN(CC)c1cc(NCCC(C)=O)nc(C)n1. The fraction of sp³-hybridized carbons (Fsp3) is 0.615. The zero-order valence-corrected chi connectivity index (χ0v) is 11.7. The van der Waals surface area contributed by atoms with Crippen LogP contribution in [0.1, 0.15) is 33.0 Å². The van der Waals surface area contributed by atoms with Crippen molar-refractivity contribution in [2.45, 2.75) is 34.1 Å². The Labute approximate surface area is 109 Å². The summed E-state index contributed by atoms with van der Waals surface area (Å²) in [7, 11) is 0. The van der Waals surface area contributed by atoms with Crippen molar-refractivity contribution in [1.29, 1.82) is 0 Å². The lowest BCUT2D eigenvalue weighted by atomic mass is 10.3. The molecule has 1 N–H and O–H groups in total. The summed E-state index contributed by atoms with van der Waals surface area (Å²) < 4.78 is 0. The van der Waals surface area contributed by atoms with Crippen molar-refractivity contribution >= 4 is 17.4 Å². The maximum absolute atomic E-state index is 10.9. The van der Waals surface area contributed by atoms with E-state index in [9.17, 15) is 4.79 Å². The van der Waals surface area contributed by atoms with Gasteiger partial charge in [-0.3, -0.25) is 4.79 Å². The monoisotopic (exact) mass is 250 g/mol. The van der Waals surface area contributed by atoms with Crippen LogP contribution in [0.25, 0.3) is 0 Å². The molecule has 5 heteroatoms. The minimum atomic E-state index is 0.178. The molecule has 1 rings (SSSR count). The fourth-order valence-corrected chi connectivity index (χ4v) is 1.72. The zero-order valence-electron chi connectivity index (χ0n) is 11.7. The second-order valence-electron chi connectivity index (χ2n) is 4.21. The molecule has 0 saturated heterocycles. The molecule has 1 aromatic heterocycles. The summed E-state index contributed by atoms with van der Waals surface area (Å²) in [6.45, 7) is 10.1. The van der Waals surface area contributed by atoms with Crippen LogP contribution in [0.5, 0.6) is 0 Å². The van der Waals surface area contributed by atoms with Gasteiger partial charge in [0.1, 0.15) is 23.2 Å². The molecule has 0 aliphatic heterocycles. The van der Waals surface area contributed by atoms with E-state index in [1.807, 2.05) is 13.0 Å². The molecule has 0 spiro atoms. The number of aryl methyl sites for hydroxylation is 1. The number of ketones is 1. The first-order chi connectivity index (χ1) is 8.56. The molecule has 0 atom stereocenters. The smallest absolute Gasteiger partial charge is 0.134 e. The minimum absolute atomic E-state index is 0.178. The molecule has 5 nitrogen and oxygen atoms in total. The minimum Gasteiger partial charge on any atom is -0.369 e. The van der Waals surface area contributed by atoms with Gasteiger partial charge in [0.15, 0.2) is 0 Å². The van der Waals surface area contributed by atoms with Gasteiger partial charge in [-0.25, -0.2) is 9.97 Å². The van der Waals surface area contributed by atoms with Gasteiger partial charge in [0.05, 0.1) is 0 Å². The first kappa shape index (κ1) is 14.4. The number of carbonyl (C=O) groups is 1. The van der Waals surface area contributed by atoms with Gasteiger partial charge in [0.2, 0.25) is 0 Å². The standard InChI is InChI=1S/C13H22N4O/c1-5-17(6-2)13-9-12(15-11(4)16-13)14-8-7-10(3)18/h9H,5-8H2,1-4H3,(H,14,15,16). The van der Waals surface area contributed by atoms with Crippen molar-refractivity contribution in [1.82, 2.24) is 9.97 Å². The van der Waals surface area contributed by atoms with Crippen molar-refractivity contribution in [3.63, 3.8) is 0 Å². The first-order valence-electron chi connectivity index (χ1n) is 6.40. The molecule has 0 bridgehead atoms. The topological polar surface area (TPSA) is 58.1 Å². The van der Waals surface area contributed by atoms with Gasteiger partial charge in [-0.05, 0) is 27.7 Å². The summed E-state index contributed by atoms with van der Waals surface area (Å²) >= 11 is 0. The summed E-state index contributed by atoms with van der Waals surface area (Å²) in [5, 5.41) is 3.16. The number of nitrogens with one attached hydrogen (secondary N) is 1. The number of aromatic nitrogens is 2. The molecule has 0 unspecified atom stereocenters. The van der Waals surface area contributed by atoms with E-state index < -0.39 is 0 Å². The first-order valence-corrected chi connectivity index (χ1v) is 6.40. The summed E-state index contributed by atoms with van der Waals surface area (Å²) in [6.07, 6.45) is 0.518. The molecular formula is C13H22N4O. The van der Waals surface area contributed by atoms with E-state index in [1.54, 1.807) is 6.92 Å². The van der Waals surface area contributed by atoms with Gasteiger partial charge in [-0.2, -0.15) is 0 Å². The van der Waals surface area contributed by atoms with Crippen LogP contribution in [0.4, 0.5) is 11.6 Å². The van der Waals surface area contributed by atoms with Gasteiger partial charge in [-0.1, -0.05) is 0 Å². The lowest BCUT2D eigenvalue weighted by Gasteiger charge is -2.20. The predicted octanol–water partition coefficient (Wildman–Crippen LogP) is 2.02. The van der Waals surface area contributed by atoms with Gasteiger partial charge in [-0.15, -0.1) is 0 Å². The highest BCUT2D eigenvalue weighted by Gasteiger charge is 2.07. The number of carbonyl (C=O) groups excluding carboxylic acids is 1. The van der Waals surface area contributed by atoms with E-state index in [1.165, 1.54) is 0 Å². The predicted molar refractivity (Wildman–Crippen MR) is 74.1 cm³/mol. The van der Waals surface area contributed by atoms with Crippen molar-refractivity contribution < 1.29 is 4.79 Å². The van der Waals surface area contributed by atoms with Crippen molar-refractivity contribution in [3.05, 3.63) is 11.9 Å². The van der Waals surface area contributed by atoms with Gasteiger partial charge in [0.25, 0.3) is 0 Å².